The number of ether oxygens (including phenoxy) is 1. The van der Waals surface area contributed by atoms with Gasteiger partial charge in [0.1, 0.15) is 5.75 Å². The maximum Gasteiger partial charge on any atom is 0.122 e. The van der Waals surface area contributed by atoms with E-state index in [1.54, 1.807) is 12.4 Å². The van der Waals surface area contributed by atoms with Crippen molar-refractivity contribution in [2.75, 3.05) is 0 Å². The first kappa shape index (κ1) is 11.0. The summed E-state index contributed by atoms with van der Waals surface area (Å²) in [6.07, 6.45) is 8.53. The standard InChI is InChI=1S/C12H19NO/c1-3-5-11(6-4-2)14-12-7-9-13-10-8-12/h7-11H,3-6H2,1-2H3. The molecule has 1 rings (SSSR count). The van der Waals surface area contributed by atoms with Crippen molar-refractivity contribution in [3.8, 4) is 5.75 Å². The zero-order valence-electron chi connectivity index (χ0n) is 9.07. The van der Waals surface area contributed by atoms with E-state index in [1.165, 1.54) is 12.8 Å². The van der Waals surface area contributed by atoms with Crippen LogP contribution in [0.5, 0.6) is 5.75 Å². The van der Waals surface area contributed by atoms with Crippen LogP contribution in [-0.4, -0.2) is 11.1 Å². The molecule has 0 spiro atoms. The van der Waals surface area contributed by atoms with Crippen molar-refractivity contribution in [2.24, 2.45) is 0 Å². The summed E-state index contributed by atoms with van der Waals surface area (Å²) in [6, 6.07) is 3.83. The second kappa shape index (κ2) is 6.41. The molecule has 0 aliphatic rings. The molecule has 14 heavy (non-hydrogen) atoms. The average Bonchev–Trinajstić information content (AvgIpc) is 2.20. The van der Waals surface area contributed by atoms with Gasteiger partial charge < -0.3 is 4.74 Å². The summed E-state index contributed by atoms with van der Waals surface area (Å²) in [5.41, 5.74) is 0. The van der Waals surface area contributed by atoms with Crippen LogP contribution < -0.4 is 4.74 Å². The lowest BCUT2D eigenvalue weighted by atomic mass is 10.1. The Balaban J connectivity index is 2.46. The minimum absolute atomic E-state index is 0.368. The molecule has 0 unspecified atom stereocenters. The quantitative estimate of drug-likeness (QED) is 0.690. The number of nitrogens with zero attached hydrogens (tertiary/aromatic N) is 1. The molecule has 1 aromatic rings. The maximum absolute atomic E-state index is 5.86. The molecule has 0 fully saturated rings. The summed E-state index contributed by atoms with van der Waals surface area (Å²) in [5, 5.41) is 0. The Morgan fingerprint density at radius 3 is 2.21 bits per heavy atom. The van der Waals surface area contributed by atoms with Gasteiger partial charge in [-0.15, -0.1) is 0 Å². The number of aromatic nitrogens is 1. The van der Waals surface area contributed by atoms with Crippen LogP contribution in [0, 0.1) is 0 Å². The van der Waals surface area contributed by atoms with Gasteiger partial charge in [-0.1, -0.05) is 26.7 Å². The van der Waals surface area contributed by atoms with Crippen LogP contribution in [0.25, 0.3) is 0 Å². The Morgan fingerprint density at radius 1 is 1.14 bits per heavy atom. The normalized spacial score (nSPS) is 10.5. The number of hydrogen-bond acceptors (Lipinski definition) is 2. The van der Waals surface area contributed by atoms with Crippen molar-refractivity contribution in [1.82, 2.24) is 4.98 Å². The van der Waals surface area contributed by atoms with Gasteiger partial charge in [0, 0.05) is 12.4 Å². The molecule has 2 heteroatoms. The van der Waals surface area contributed by atoms with Crippen LogP contribution in [0.4, 0.5) is 0 Å². The summed E-state index contributed by atoms with van der Waals surface area (Å²) < 4.78 is 5.86. The Hall–Kier alpha value is -1.05. The molecule has 0 saturated carbocycles. The van der Waals surface area contributed by atoms with Crippen molar-refractivity contribution >= 4 is 0 Å². The van der Waals surface area contributed by atoms with Crippen molar-refractivity contribution in [1.29, 1.82) is 0 Å². The lowest BCUT2D eigenvalue weighted by Gasteiger charge is -2.17. The highest BCUT2D eigenvalue weighted by molar-refractivity contribution is 5.17. The van der Waals surface area contributed by atoms with Crippen molar-refractivity contribution in [2.45, 2.75) is 45.6 Å². The van der Waals surface area contributed by atoms with E-state index in [9.17, 15) is 0 Å². The Morgan fingerprint density at radius 2 is 1.71 bits per heavy atom. The van der Waals surface area contributed by atoms with Gasteiger partial charge in [-0.25, -0.2) is 0 Å². The fourth-order valence-corrected chi connectivity index (χ4v) is 1.52. The van der Waals surface area contributed by atoms with Crippen LogP contribution in [-0.2, 0) is 0 Å². The molecule has 1 heterocycles. The second-order valence-electron chi connectivity index (χ2n) is 3.50. The first-order valence-electron chi connectivity index (χ1n) is 5.43. The van der Waals surface area contributed by atoms with Crippen LogP contribution in [0.15, 0.2) is 24.5 Å². The highest BCUT2D eigenvalue weighted by Crippen LogP contribution is 2.15. The molecule has 0 radical (unpaired) electrons. The van der Waals surface area contributed by atoms with Crippen LogP contribution in [0.2, 0.25) is 0 Å². The molecule has 0 bridgehead atoms. The number of rotatable bonds is 6. The molecule has 0 aliphatic heterocycles. The minimum Gasteiger partial charge on any atom is -0.490 e. The predicted molar refractivity (Wildman–Crippen MR) is 58.5 cm³/mol. The van der Waals surface area contributed by atoms with E-state index in [0.29, 0.717) is 6.10 Å². The molecule has 1 aromatic heterocycles. The van der Waals surface area contributed by atoms with E-state index in [4.69, 9.17) is 4.74 Å². The van der Waals surface area contributed by atoms with Gasteiger partial charge >= 0.3 is 0 Å². The second-order valence-corrected chi connectivity index (χ2v) is 3.50. The molecule has 2 nitrogen and oxygen atoms in total. The summed E-state index contributed by atoms with van der Waals surface area (Å²) in [6.45, 7) is 4.39. The third-order valence-corrected chi connectivity index (χ3v) is 2.17. The van der Waals surface area contributed by atoms with E-state index >= 15 is 0 Å². The number of hydrogen-bond donors (Lipinski definition) is 0. The molecule has 0 atom stereocenters. The largest absolute Gasteiger partial charge is 0.490 e. The van der Waals surface area contributed by atoms with E-state index < -0.39 is 0 Å². The smallest absolute Gasteiger partial charge is 0.122 e. The zero-order valence-corrected chi connectivity index (χ0v) is 9.07. The Kier molecular flexibility index (Phi) is 5.05. The topological polar surface area (TPSA) is 22.1 Å². The molecule has 0 N–H and O–H groups in total. The van der Waals surface area contributed by atoms with E-state index in [0.717, 1.165) is 18.6 Å². The van der Waals surface area contributed by atoms with Crippen LogP contribution >= 0.6 is 0 Å². The van der Waals surface area contributed by atoms with Gasteiger partial charge in [-0.2, -0.15) is 0 Å². The van der Waals surface area contributed by atoms with Crippen molar-refractivity contribution in [3.63, 3.8) is 0 Å². The van der Waals surface area contributed by atoms with Crippen LogP contribution in [0.1, 0.15) is 39.5 Å². The average molecular weight is 193 g/mol. The fourth-order valence-electron chi connectivity index (χ4n) is 1.52. The van der Waals surface area contributed by atoms with Gasteiger partial charge in [0.25, 0.3) is 0 Å². The Labute approximate surface area is 86.3 Å². The molecule has 78 valence electrons. The molecule has 0 aromatic carbocycles. The molecule has 0 saturated heterocycles. The fraction of sp³-hybridized carbons (Fsp3) is 0.583. The summed E-state index contributed by atoms with van der Waals surface area (Å²) in [4.78, 5) is 3.96. The zero-order chi connectivity index (χ0) is 10.2. The summed E-state index contributed by atoms with van der Waals surface area (Å²) in [5.74, 6) is 0.937. The number of pyridine rings is 1. The molecule has 0 amide bonds. The summed E-state index contributed by atoms with van der Waals surface area (Å²) in [7, 11) is 0. The van der Waals surface area contributed by atoms with E-state index in [-0.39, 0.29) is 0 Å². The first-order chi connectivity index (χ1) is 6.86. The highest BCUT2D eigenvalue weighted by Gasteiger charge is 2.07. The monoisotopic (exact) mass is 193 g/mol. The summed E-state index contributed by atoms with van der Waals surface area (Å²) >= 11 is 0. The van der Waals surface area contributed by atoms with Crippen LogP contribution in [0.3, 0.4) is 0 Å². The molecule has 0 aliphatic carbocycles. The van der Waals surface area contributed by atoms with Gasteiger partial charge in [0.15, 0.2) is 0 Å². The maximum atomic E-state index is 5.86. The first-order valence-corrected chi connectivity index (χ1v) is 5.43. The SMILES string of the molecule is CCCC(CCC)Oc1ccncc1. The third-order valence-electron chi connectivity index (χ3n) is 2.17. The Bertz CT molecular complexity index is 229. The molecular formula is C12H19NO. The van der Waals surface area contributed by atoms with E-state index in [1.807, 2.05) is 12.1 Å². The lowest BCUT2D eigenvalue weighted by Crippen LogP contribution is -2.15. The highest BCUT2D eigenvalue weighted by atomic mass is 16.5. The van der Waals surface area contributed by atoms with E-state index in [2.05, 4.69) is 18.8 Å². The third kappa shape index (κ3) is 3.77. The van der Waals surface area contributed by atoms with Crippen molar-refractivity contribution in [3.05, 3.63) is 24.5 Å². The molecular weight excluding hydrogens is 174 g/mol. The lowest BCUT2D eigenvalue weighted by molar-refractivity contribution is 0.178. The van der Waals surface area contributed by atoms with Gasteiger partial charge in [0.05, 0.1) is 6.10 Å². The van der Waals surface area contributed by atoms with Crippen molar-refractivity contribution < 1.29 is 4.74 Å². The predicted octanol–water partition coefficient (Wildman–Crippen LogP) is 3.43. The van der Waals surface area contributed by atoms with Gasteiger partial charge in [-0.05, 0) is 25.0 Å². The minimum atomic E-state index is 0.368. The van der Waals surface area contributed by atoms with Gasteiger partial charge in [0.2, 0.25) is 0 Å². The van der Waals surface area contributed by atoms with Gasteiger partial charge in [-0.3, -0.25) is 4.98 Å².